The van der Waals surface area contributed by atoms with Crippen molar-refractivity contribution in [3.8, 4) is 0 Å². The Balaban J connectivity index is 1.77. The lowest BCUT2D eigenvalue weighted by atomic mass is 9.98. The van der Waals surface area contributed by atoms with Crippen molar-refractivity contribution in [1.29, 1.82) is 0 Å². The summed E-state index contributed by atoms with van der Waals surface area (Å²) in [6, 6.07) is 37.5. The van der Waals surface area contributed by atoms with Crippen LogP contribution in [0, 0.1) is 0 Å². The van der Waals surface area contributed by atoms with Gasteiger partial charge >= 0.3 is 0 Å². The monoisotopic (exact) mass is 506 g/mol. The number of ether oxygens (including phenoxy) is 1. The predicted octanol–water partition coefficient (Wildman–Crippen LogP) is 8.11. The van der Waals surface area contributed by atoms with Crippen LogP contribution >= 0.6 is 31.9 Å². The largest absolute Gasteiger partial charge is 0.356 e. The second-order valence-electron chi connectivity index (χ2n) is 6.82. The van der Waals surface area contributed by atoms with Gasteiger partial charge in [-0.25, -0.2) is 0 Å². The van der Waals surface area contributed by atoms with Gasteiger partial charge in [-0.1, -0.05) is 117 Å². The van der Waals surface area contributed by atoms with Crippen LogP contribution in [-0.4, -0.2) is 0 Å². The first-order chi connectivity index (χ1) is 14.2. The van der Waals surface area contributed by atoms with Crippen molar-refractivity contribution in [2.24, 2.45) is 0 Å². The first-order valence-electron chi connectivity index (χ1n) is 9.47. The fourth-order valence-corrected chi connectivity index (χ4v) is 3.89. The molecule has 0 bridgehead atoms. The molecule has 0 N–H and O–H groups in total. The highest BCUT2D eigenvalue weighted by molar-refractivity contribution is 9.10. The minimum Gasteiger partial charge on any atom is -0.356 e. The minimum atomic E-state index is -0.182. The van der Waals surface area contributed by atoms with Gasteiger partial charge in [-0.15, -0.1) is 0 Å². The van der Waals surface area contributed by atoms with E-state index in [2.05, 4.69) is 129 Å². The first-order valence-corrected chi connectivity index (χ1v) is 11.1. The fourth-order valence-electron chi connectivity index (χ4n) is 3.37. The van der Waals surface area contributed by atoms with Crippen LogP contribution in [0.5, 0.6) is 0 Å². The molecule has 0 amide bonds. The Morgan fingerprint density at radius 2 is 0.724 bits per heavy atom. The molecule has 3 heteroatoms. The number of benzene rings is 4. The first kappa shape index (κ1) is 20.1. The van der Waals surface area contributed by atoms with Gasteiger partial charge in [0.15, 0.2) is 0 Å². The third kappa shape index (κ3) is 5.05. The van der Waals surface area contributed by atoms with E-state index >= 15 is 0 Å². The summed E-state index contributed by atoms with van der Waals surface area (Å²) in [6.45, 7) is 0. The van der Waals surface area contributed by atoms with Crippen molar-refractivity contribution < 1.29 is 4.74 Å². The summed E-state index contributed by atoms with van der Waals surface area (Å²) in [5.74, 6) is 0. The van der Waals surface area contributed by atoms with Crippen LogP contribution in [0.3, 0.4) is 0 Å². The topological polar surface area (TPSA) is 9.23 Å². The predicted molar refractivity (Wildman–Crippen MR) is 126 cm³/mol. The Labute approximate surface area is 188 Å². The molecule has 0 heterocycles. The molecule has 0 aliphatic rings. The second-order valence-corrected chi connectivity index (χ2v) is 8.65. The molecule has 4 aromatic carbocycles. The molecule has 0 fully saturated rings. The van der Waals surface area contributed by atoms with Crippen molar-refractivity contribution in [2.45, 2.75) is 12.2 Å². The molecular formula is C26H20Br2O. The van der Waals surface area contributed by atoms with Gasteiger partial charge in [0.05, 0.1) is 0 Å². The van der Waals surface area contributed by atoms with Crippen molar-refractivity contribution in [3.63, 3.8) is 0 Å². The van der Waals surface area contributed by atoms with Crippen molar-refractivity contribution in [2.75, 3.05) is 0 Å². The Kier molecular flexibility index (Phi) is 6.60. The van der Waals surface area contributed by atoms with Gasteiger partial charge in [0, 0.05) is 8.95 Å². The minimum absolute atomic E-state index is 0.182. The summed E-state index contributed by atoms with van der Waals surface area (Å²) in [6.07, 6.45) is -0.365. The Bertz CT molecular complexity index is 943. The van der Waals surface area contributed by atoms with Crippen LogP contribution in [0.2, 0.25) is 0 Å². The average molecular weight is 508 g/mol. The lowest BCUT2D eigenvalue weighted by Crippen LogP contribution is -2.13. The van der Waals surface area contributed by atoms with Crippen molar-refractivity contribution >= 4 is 31.9 Å². The summed E-state index contributed by atoms with van der Waals surface area (Å²) in [7, 11) is 0. The molecule has 1 nitrogen and oxygen atoms in total. The summed E-state index contributed by atoms with van der Waals surface area (Å²) in [5.41, 5.74) is 4.51. The van der Waals surface area contributed by atoms with E-state index in [1.807, 2.05) is 12.1 Å². The fraction of sp³-hybridized carbons (Fsp3) is 0.0769. The summed E-state index contributed by atoms with van der Waals surface area (Å²) in [4.78, 5) is 0. The van der Waals surface area contributed by atoms with Crippen LogP contribution in [0.25, 0.3) is 0 Å². The van der Waals surface area contributed by atoms with E-state index in [-0.39, 0.29) is 12.2 Å². The highest BCUT2D eigenvalue weighted by atomic mass is 79.9. The highest BCUT2D eigenvalue weighted by Crippen LogP contribution is 2.36. The van der Waals surface area contributed by atoms with Gasteiger partial charge in [0.2, 0.25) is 0 Å². The van der Waals surface area contributed by atoms with Gasteiger partial charge in [-0.05, 0) is 46.5 Å². The van der Waals surface area contributed by atoms with E-state index in [1.54, 1.807) is 0 Å². The van der Waals surface area contributed by atoms with Gasteiger partial charge < -0.3 is 4.74 Å². The lowest BCUT2D eigenvalue weighted by molar-refractivity contribution is 0.0308. The van der Waals surface area contributed by atoms with E-state index in [9.17, 15) is 0 Å². The molecule has 2 unspecified atom stereocenters. The lowest BCUT2D eigenvalue weighted by Gasteiger charge is -2.27. The third-order valence-electron chi connectivity index (χ3n) is 4.82. The van der Waals surface area contributed by atoms with Gasteiger partial charge in [0.1, 0.15) is 12.2 Å². The smallest absolute Gasteiger partial charge is 0.109 e. The Hall–Kier alpha value is -2.20. The summed E-state index contributed by atoms with van der Waals surface area (Å²) >= 11 is 7.07. The van der Waals surface area contributed by atoms with Crippen LogP contribution < -0.4 is 0 Å². The molecule has 29 heavy (non-hydrogen) atoms. The maximum absolute atomic E-state index is 6.84. The molecule has 144 valence electrons. The van der Waals surface area contributed by atoms with Gasteiger partial charge in [-0.3, -0.25) is 0 Å². The molecule has 0 saturated heterocycles. The zero-order chi connectivity index (χ0) is 20.1. The van der Waals surface area contributed by atoms with Gasteiger partial charge in [0.25, 0.3) is 0 Å². The number of rotatable bonds is 6. The van der Waals surface area contributed by atoms with E-state index in [4.69, 9.17) is 4.74 Å². The normalized spacial score (nSPS) is 13.0. The maximum Gasteiger partial charge on any atom is 0.109 e. The zero-order valence-corrected chi connectivity index (χ0v) is 18.9. The molecule has 0 aliphatic heterocycles. The zero-order valence-electron chi connectivity index (χ0n) is 15.7. The quantitative estimate of drug-likeness (QED) is 0.256. The molecule has 0 aromatic heterocycles. The molecule has 0 spiro atoms. The number of hydrogen-bond donors (Lipinski definition) is 0. The summed E-state index contributed by atoms with van der Waals surface area (Å²) in [5, 5.41) is 0. The average Bonchev–Trinajstić information content (AvgIpc) is 2.77. The number of halogens is 2. The van der Waals surface area contributed by atoms with E-state index in [0.29, 0.717) is 0 Å². The van der Waals surface area contributed by atoms with Crippen LogP contribution in [-0.2, 0) is 4.74 Å². The number of hydrogen-bond acceptors (Lipinski definition) is 1. The molecule has 0 radical (unpaired) electrons. The van der Waals surface area contributed by atoms with Crippen LogP contribution in [0.1, 0.15) is 34.5 Å². The van der Waals surface area contributed by atoms with Crippen LogP contribution in [0.15, 0.2) is 118 Å². The van der Waals surface area contributed by atoms with Gasteiger partial charge in [-0.2, -0.15) is 0 Å². The Morgan fingerprint density at radius 1 is 0.414 bits per heavy atom. The molecule has 0 aliphatic carbocycles. The van der Waals surface area contributed by atoms with E-state index < -0.39 is 0 Å². The summed E-state index contributed by atoms with van der Waals surface area (Å²) < 4.78 is 8.96. The standard InChI is InChI=1S/C26H20Br2O/c27-23-15-11-21(12-16-23)25(19-7-3-1-4-8-19)29-26(20-9-5-2-6-10-20)22-13-17-24(28)18-14-22/h1-18,25-26H. The van der Waals surface area contributed by atoms with E-state index in [0.717, 1.165) is 31.2 Å². The van der Waals surface area contributed by atoms with Crippen molar-refractivity contribution in [1.82, 2.24) is 0 Å². The molecule has 4 rings (SSSR count). The second kappa shape index (κ2) is 9.53. The third-order valence-corrected chi connectivity index (χ3v) is 5.88. The molecular weight excluding hydrogens is 488 g/mol. The highest BCUT2D eigenvalue weighted by Gasteiger charge is 2.23. The van der Waals surface area contributed by atoms with Crippen LogP contribution in [0.4, 0.5) is 0 Å². The van der Waals surface area contributed by atoms with E-state index in [1.165, 1.54) is 0 Å². The molecule has 0 saturated carbocycles. The molecule has 2 atom stereocenters. The van der Waals surface area contributed by atoms with Crippen molar-refractivity contribution in [3.05, 3.63) is 140 Å². The SMILES string of the molecule is Brc1ccc(C(OC(c2ccccc2)c2ccc(Br)cc2)c2ccccc2)cc1. The Morgan fingerprint density at radius 3 is 1.07 bits per heavy atom. The molecule has 4 aromatic rings. The maximum atomic E-state index is 6.84.